The molecule has 0 heterocycles. The first-order valence-corrected chi connectivity index (χ1v) is 7.77. The van der Waals surface area contributed by atoms with E-state index in [4.69, 9.17) is 22.4 Å². The minimum Gasteiger partial charge on any atom is -0.480 e. The van der Waals surface area contributed by atoms with Crippen LogP contribution in [0.4, 0.5) is 0 Å². The summed E-state index contributed by atoms with van der Waals surface area (Å²) < 4.78 is 26.2. The average molecular weight is 386 g/mol. The Balaban J connectivity index is 3.06. The zero-order valence-corrected chi connectivity index (χ0v) is 13.0. The van der Waals surface area contributed by atoms with Crippen LogP contribution in [0.2, 0.25) is 5.02 Å². The molecule has 7 nitrogen and oxygen atoms in total. The van der Waals surface area contributed by atoms with Crippen LogP contribution in [-0.4, -0.2) is 31.4 Å². The highest BCUT2D eigenvalue weighted by Gasteiger charge is 2.27. The van der Waals surface area contributed by atoms with Gasteiger partial charge in [0.05, 0.1) is 16.3 Å². The molecule has 0 spiro atoms. The van der Waals surface area contributed by atoms with Crippen LogP contribution < -0.4 is 10.5 Å². The fourth-order valence-electron chi connectivity index (χ4n) is 1.28. The summed E-state index contributed by atoms with van der Waals surface area (Å²) in [5.74, 6) is -2.43. The number of nitrogens with one attached hydrogen (secondary N) is 1. The van der Waals surface area contributed by atoms with Gasteiger partial charge in [-0.05, 0) is 34.1 Å². The fraction of sp³-hybridized carbons (Fsp3) is 0.200. The van der Waals surface area contributed by atoms with E-state index >= 15 is 0 Å². The molecule has 110 valence electrons. The van der Waals surface area contributed by atoms with Crippen LogP contribution in [-0.2, 0) is 19.6 Å². The zero-order valence-electron chi connectivity index (χ0n) is 9.84. The van der Waals surface area contributed by atoms with Crippen molar-refractivity contribution in [2.24, 2.45) is 5.73 Å². The number of benzene rings is 1. The second kappa shape index (κ2) is 6.53. The Morgan fingerprint density at radius 1 is 1.45 bits per heavy atom. The summed E-state index contributed by atoms with van der Waals surface area (Å²) in [5, 5.41) is 9.17. The third kappa shape index (κ3) is 4.44. The lowest BCUT2D eigenvalue weighted by Crippen LogP contribution is -2.43. The van der Waals surface area contributed by atoms with Crippen molar-refractivity contribution in [1.82, 2.24) is 4.72 Å². The minimum absolute atomic E-state index is 0.190. The van der Waals surface area contributed by atoms with Crippen LogP contribution in [0.25, 0.3) is 0 Å². The van der Waals surface area contributed by atoms with E-state index in [1.54, 1.807) is 0 Å². The number of amides is 1. The molecule has 1 amide bonds. The number of aliphatic carboxylic acids is 1. The first-order valence-electron chi connectivity index (χ1n) is 5.12. The molecule has 0 aliphatic heterocycles. The largest absolute Gasteiger partial charge is 0.480 e. The normalized spacial score (nSPS) is 12.9. The molecule has 0 saturated heterocycles. The maximum Gasteiger partial charge on any atom is 0.322 e. The monoisotopic (exact) mass is 384 g/mol. The molecule has 1 aromatic rings. The van der Waals surface area contributed by atoms with Crippen molar-refractivity contribution >= 4 is 49.4 Å². The smallest absolute Gasteiger partial charge is 0.322 e. The number of halogens is 2. The number of hydrogen-bond donors (Lipinski definition) is 3. The van der Waals surface area contributed by atoms with Crippen LogP contribution in [0.5, 0.6) is 0 Å². The third-order valence-electron chi connectivity index (χ3n) is 2.20. The lowest BCUT2D eigenvalue weighted by atomic mass is 10.2. The van der Waals surface area contributed by atoms with Crippen LogP contribution in [0, 0.1) is 0 Å². The van der Waals surface area contributed by atoms with Crippen molar-refractivity contribution in [1.29, 1.82) is 0 Å². The maximum atomic E-state index is 12.0. The molecular weight excluding hydrogens is 376 g/mol. The van der Waals surface area contributed by atoms with Gasteiger partial charge in [-0.25, -0.2) is 8.42 Å². The van der Waals surface area contributed by atoms with Gasteiger partial charge in [-0.15, -0.1) is 0 Å². The third-order valence-corrected chi connectivity index (χ3v) is 4.89. The highest BCUT2D eigenvalue weighted by molar-refractivity contribution is 9.10. The second-order valence-corrected chi connectivity index (χ2v) is 6.73. The Bertz CT molecular complexity index is 649. The molecule has 10 heteroatoms. The van der Waals surface area contributed by atoms with Crippen molar-refractivity contribution in [3.63, 3.8) is 0 Å². The molecule has 20 heavy (non-hydrogen) atoms. The van der Waals surface area contributed by atoms with Gasteiger partial charge in [0.15, 0.2) is 0 Å². The van der Waals surface area contributed by atoms with E-state index in [2.05, 4.69) is 15.9 Å². The number of rotatable bonds is 6. The highest BCUT2D eigenvalue weighted by atomic mass is 79.9. The molecule has 0 fully saturated rings. The number of primary amides is 1. The highest BCUT2D eigenvalue weighted by Crippen LogP contribution is 2.25. The van der Waals surface area contributed by atoms with E-state index < -0.39 is 34.4 Å². The Morgan fingerprint density at radius 3 is 2.50 bits per heavy atom. The van der Waals surface area contributed by atoms with Gasteiger partial charge in [0, 0.05) is 4.47 Å². The quantitative estimate of drug-likeness (QED) is 0.664. The van der Waals surface area contributed by atoms with Gasteiger partial charge in [0.1, 0.15) is 6.04 Å². The molecule has 1 rings (SSSR count). The second-order valence-electron chi connectivity index (χ2n) is 3.76. The van der Waals surface area contributed by atoms with Crippen molar-refractivity contribution in [2.45, 2.75) is 17.4 Å². The van der Waals surface area contributed by atoms with E-state index in [9.17, 15) is 18.0 Å². The van der Waals surface area contributed by atoms with Gasteiger partial charge in [-0.2, -0.15) is 4.72 Å². The number of carbonyl (C=O) groups is 2. The predicted molar refractivity (Wildman–Crippen MR) is 74.7 cm³/mol. The van der Waals surface area contributed by atoms with Crippen molar-refractivity contribution in [3.05, 3.63) is 27.7 Å². The molecule has 0 aliphatic carbocycles. The lowest BCUT2D eigenvalue weighted by molar-refractivity contribution is -0.140. The topological polar surface area (TPSA) is 127 Å². The summed E-state index contributed by atoms with van der Waals surface area (Å²) in [5.41, 5.74) is 4.87. The first kappa shape index (κ1) is 16.9. The van der Waals surface area contributed by atoms with Gasteiger partial charge in [-0.3, -0.25) is 9.59 Å². The van der Waals surface area contributed by atoms with Gasteiger partial charge in [0.25, 0.3) is 0 Å². The first-order chi connectivity index (χ1) is 9.13. The summed E-state index contributed by atoms with van der Waals surface area (Å²) in [6.07, 6.45) is -0.649. The van der Waals surface area contributed by atoms with Crippen LogP contribution in [0.3, 0.4) is 0 Å². The molecule has 1 atom stereocenters. The summed E-state index contributed by atoms with van der Waals surface area (Å²) >= 11 is 8.80. The molecule has 0 saturated carbocycles. The summed E-state index contributed by atoms with van der Waals surface area (Å²) in [6, 6.07) is 2.13. The van der Waals surface area contributed by atoms with Crippen LogP contribution >= 0.6 is 27.5 Å². The van der Waals surface area contributed by atoms with Crippen molar-refractivity contribution in [2.75, 3.05) is 0 Å². The molecule has 0 aromatic heterocycles. The van der Waals surface area contributed by atoms with E-state index in [0.29, 0.717) is 9.50 Å². The number of hydrogen-bond acceptors (Lipinski definition) is 4. The van der Waals surface area contributed by atoms with E-state index in [-0.39, 0.29) is 4.90 Å². The standard InChI is InChI=1S/C10H10BrClN2O5S/c11-6-3-5(1-2-7(6)12)20(18,19)14-8(10(16)17)4-9(13)15/h1-3,8,14H,4H2,(H2,13,15)(H,16,17)/t8-/m0/s1. The summed E-state index contributed by atoms with van der Waals surface area (Å²) in [4.78, 5) is 21.4. The van der Waals surface area contributed by atoms with Gasteiger partial charge in [-0.1, -0.05) is 11.6 Å². The summed E-state index contributed by atoms with van der Waals surface area (Å²) in [7, 11) is -4.12. The Morgan fingerprint density at radius 2 is 2.05 bits per heavy atom. The molecule has 0 unspecified atom stereocenters. The molecular formula is C10H10BrClN2O5S. The number of nitrogens with two attached hydrogens (primary N) is 1. The van der Waals surface area contributed by atoms with Gasteiger partial charge < -0.3 is 10.8 Å². The van der Waals surface area contributed by atoms with Crippen molar-refractivity contribution in [3.8, 4) is 0 Å². The Hall–Kier alpha value is -1.16. The number of sulfonamides is 1. The molecule has 0 radical (unpaired) electrons. The maximum absolute atomic E-state index is 12.0. The number of carbonyl (C=O) groups excluding carboxylic acids is 1. The van der Waals surface area contributed by atoms with Crippen molar-refractivity contribution < 1.29 is 23.1 Å². The minimum atomic E-state index is -4.12. The zero-order chi connectivity index (χ0) is 15.5. The lowest BCUT2D eigenvalue weighted by Gasteiger charge is -2.13. The number of carboxylic acids is 1. The van der Waals surface area contributed by atoms with Crippen LogP contribution in [0.1, 0.15) is 6.42 Å². The fourth-order valence-corrected chi connectivity index (χ4v) is 3.14. The average Bonchev–Trinajstić information content (AvgIpc) is 2.30. The van der Waals surface area contributed by atoms with Gasteiger partial charge in [0.2, 0.25) is 15.9 Å². The van der Waals surface area contributed by atoms with E-state index in [0.717, 1.165) is 0 Å². The predicted octanol–water partition coefficient (Wildman–Crippen LogP) is 0.709. The van der Waals surface area contributed by atoms with Crippen LogP contribution in [0.15, 0.2) is 27.6 Å². The molecule has 1 aromatic carbocycles. The Labute approximate surface area is 128 Å². The molecule has 4 N–H and O–H groups in total. The molecule has 0 aliphatic rings. The van der Waals surface area contributed by atoms with Gasteiger partial charge >= 0.3 is 5.97 Å². The van der Waals surface area contributed by atoms with E-state index in [1.807, 2.05) is 4.72 Å². The summed E-state index contributed by atoms with van der Waals surface area (Å²) in [6.45, 7) is 0. The Kier molecular flexibility index (Phi) is 5.51. The van der Waals surface area contributed by atoms with E-state index in [1.165, 1.54) is 18.2 Å². The SMILES string of the molecule is NC(=O)C[C@H](NS(=O)(=O)c1ccc(Cl)c(Br)c1)C(=O)O. The molecule has 0 bridgehead atoms. The number of carboxylic acid groups (broad SMARTS) is 1.